The first-order valence-corrected chi connectivity index (χ1v) is 13.2. The van der Waals surface area contributed by atoms with E-state index in [0.717, 1.165) is 36.5 Å². The molecular weight excluding hydrogens is 416 g/mol. The summed E-state index contributed by atoms with van der Waals surface area (Å²) in [5.74, 6) is -0.234. The maximum atomic E-state index is 11.0. The van der Waals surface area contributed by atoms with Gasteiger partial charge in [-0.25, -0.2) is 0 Å². The minimum atomic E-state index is -2.79. The van der Waals surface area contributed by atoms with Crippen LogP contribution >= 0.6 is 0 Å². The van der Waals surface area contributed by atoms with Crippen molar-refractivity contribution in [3.63, 3.8) is 0 Å². The van der Waals surface area contributed by atoms with Gasteiger partial charge in [0, 0.05) is 20.6 Å². The van der Waals surface area contributed by atoms with Gasteiger partial charge in [-0.1, -0.05) is 80.2 Å². The maximum Gasteiger partial charge on any atom is 0.302 e. The molecule has 0 unspecified atom stereocenters. The van der Waals surface area contributed by atoms with Gasteiger partial charge in [0.1, 0.15) is 0 Å². The first-order chi connectivity index (χ1) is 15.6. The lowest BCUT2D eigenvalue weighted by Crippen LogP contribution is -2.63. The topological polar surface area (TPSA) is 44.8 Å². The van der Waals surface area contributed by atoms with Crippen molar-refractivity contribution in [2.45, 2.75) is 39.5 Å². The first-order valence-electron chi connectivity index (χ1n) is 11.3. The number of allylic oxidation sites excluding steroid dienone is 1. The second kappa shape index (κ2) is 13.8. The molecule has 0 aliphatic heterocycles. The van der Waals surface area contributed by atoms with Crippen molar-refractivity contribution in [2.75, 3.05) is 26.9 Å². The molecule has 0 aromatic heterocycles. The summed E-state index contributed by atoms with van der Waals surface area (Å²) in [7, 11) is -1.09. The van der Waals surface area contributed by atoms with E-state index in [4.69, 9.17) is 13.9 Å². The van der Waals surface area contributed by atoms with Crippen LogP contribution in [0.15, 0.2) is 84.1 Å². The van der Waals surface area contributed by atoms with Gasteiger partial charge in [0.15, 0.2) is 0 Å². The van der Waals surface area contributed by atoms with Gasteiger partial charge < -0.3 is 13.9 Å². The SMILES string of the molecule is C=C(COC)/C(=C/CCCCOC(C)=O)[Si](OCCC)(c1ccccc1)c1ccccc1. The molecule has 2 rings (SSSR count). The Kier molecular flexibility index (Phi) is 11.1. The van der Waals surface area contributed by atoms with Crippen molar-refractivity contribution in [1.29, 1.82) is 0 Å². The minimum absolute atomic E-state index is 0.234. The van der Waals surface area contributed by atoms with Gasteiger partial charge in [0.25, 0.3) is 8.32 Å². The molecule has 0 atom stereocenters. The number of methoxy groups -OCH3 is 1. The van der Waals surface area contributed by atoms with Crippen molar-refractivity contribution >= 4 is 24.7 Å². The summed E-state index contributed by atoms with van der Waals surface area (Å²) in [6.07, 6.45) is 5.79. The molecule has 0 radical (unpaired) electrons. The van der Waals surface area contributed by atoms with E-state index in [2.05, 4.69) is 68.1 Å². The van der Waals surface area contributed by atoms with Gasteiger partial charge in [-0.15, -0.1) is 0 Å². The number of benzene rings is 2. The smallest absolute Gasteiger partial charge is 0.302 e. The molecule has 0 aliphatic carbocycles. The van der Waals surface area contributed by atoms with Crippen LogP contribution in [-0.4, -0.2) is 41.2 Å². The van der Waals surface area contributed by atoms with Crippen LogP contribution in [0.2, 0.25) is 0 Å². The van der Waals surface area contributed by atoms with Crippen LogP contribution < -0.4 is 10.4 Å². The van der Waals surface area contributed by atoms with Gasteiger partial charge in [-0.2, -0.15) is 0 Å². The molecule has 0 amide bonds. The Morgan fingerprint density at radius 3 is 2.06 bits per heavy atom. The second-order valence-corrected chi connectivity index (χ2v) is 11.1. The molecule has 0 bridgehead atoms. The van der Waals surface area contributed by atoms with Crippen molar-refractivity contribution in [1.82, 2.24) is 0 Å². The predicted molar refractivity (Wildman–Crippen MR) is 134 cm³/mol. The highest BCUT2D eigenvalue weighted by molar-refractivity contribution is 7.03. The summed E-state index contributed by atoms with van der Waals surface area (Å²) in [5.41, 5.74) is 0.947. The molecule has 5 heteroatoms. The van der Waals surface area contributed by atoms with Gasteiger partial charge >= 0.3 is 5.97 Å². The normalized spacial score (nSPS) is 11.9. The zero-order valence-electron chi connectivity index (χ0n) is 19.6. The van der Waals surface area contributed by atoms with Crippen LogP contribution in [0, 0.1) is 0 Å². The number of ether oxygens (including phenoxy) is 2. The highest BCUT2D eigenvalue weighted by Crippen LogP contribution is 2.26. The second-order valence-electron chi connectivity index (χ2n) is 7.75. The number of esters is 1. The Balaban J connectivity index is 2.54. The number of hydrogen-bond acceptors (Lipinski definition) is 4. The molecule has 2 aromatic carbocycles. The van der Waals surface area contributed by atoms with E-state index < -0.39 is 8.32 Å². The first kappa shape index (κ1) is 25.8. The fourth-order valence-electron chi connectivity index (χ4n) is 3.82. The summed E-state index contributed by atoms with van der Waals surface area (Å²) >= 11 is 0. The van der Waals surface area contributed by atoms with Crippen LogP contribution in [0.25, 0.3) is 0 Å². The van der Waals surface area contributed by atoms with Crippen molar-refractivity contribution in [2.24, 2.45) is 0 Å². The molecule has 0 saturated heterocycles. The Bertz CT molecular complexity index is 822. The van der Waals surface area contributed by atoms with Crippen LogP contribution in [0.4, 0.5) is 0 Å². The Hall–Kier alpha value is -2.47. The minimum Gasteiger partial charge on any atom is -0.466 e. The third-order valence-corrected chi connectivity index (χ3v) is 9.46. The van der Waals surface area contributed by atoms with Crippen LogP contribution in [0.5, 0.6) is 0 Å². The lowest BCUT2D eigenvalue weighted by atomic mass is 10.2. The zero-order chi connectivity index (χ0) is 23.2. The quantitative estimate of drug-likeness (QED) is 0.182. The molecule has 0 spiro atoms. The molecular formula is C27H36O4Si. The summed E-state index contributed by atoms with van der Waals surface area (Å²) in [4.78, 5) is 11.0. The van der Waals surface area contributed by atoms with Gasteiger partial charge in [0.05, 0.1) is 13.2 Å². The van der Waals surface area contributed by atoms with Gasteiger partial charge in [-0.05, 0) is 46.8 Å². The largest absolute Gasteiger partial charge is 0.466 e. The zero-order valence-corrected chi connectivity index (χ0v) is 20.6. The number of carbonyl (C=O) groups excluding carboxylic acids is 1. The Morgan fingerprint density at radius 2 is 1.56 bits per heavy atom. The molecule has 0 heterocycles. The van der Waals surface area contributed by atoms with E-state index in [-0.39, 0.29) is 5.97 Å². The molecule has 32 heavy (non-hydrogen) atoms. The van der Waals surface area contributed by atoms with Gasteiger partial charge in [0.2, 0.25) is 0 Å². The number of unbranched alkanes of at least 4 members (excludes halogenated alkanes) is 2. The molecule has 0 aliphatic rings. The molecule has 0 N–H and O–H groups in total. The third kappa shape index (κ3) is 7.02. The fraction of sp³-hybridized carbons (Fsp3) is 0.370. The number of carbonyl (C=O) groups is 1. The molecule has 0 fully saturated rings. The van der Waals surface area contributed by atoms with Gasteiger partial charge in [-0.3, -0.25) is 4.79 Å². The fourth-order valence-corrected chi connectivity index (χ4v) is 8.10. The lowest BCUT2D eigenvalue weighted by molar-refractivity contribution is -0.141. The van der Waals surface area contributed by atoms with E-state index in [1.54, 1.807) is 7.11 Å². The maximum absolute atomic E-state index is 11.0. The van der Waals surface area contributed by atoms with E-state index in [9.17, 15) is 4.79 Å². The van der Waals surface area contributed by atoms with Crippen molar-refractivity contribution < 1.29 is 18.7 Å². The summed E-state index contributed by atoms with van der Waals surface area (Å²) < 4.78 is 17.5. The van der Waals surface area contributed by atoms with E-state index in [1.807, 2.05) is 12.1 Å². The molecule has 2 aromatic rings. The average Bonchev–Trinajstić information content (AvgIpc) is 2.81. The monoisotopic (exact) mass is 452 g/mol. The summed E-state index contributed by atoms with van der Waals surface area (Å²) in [6, 6.07) is 21.1. The molecule has 4 nitrogen and oxygen atoms in total. The highest BCUT2D eigenvalue weighted by atomic mass is 28.4. The predicted octanol–water partition coefficient (Wildman–Crippen LogP) is 4.57. The van der Waals surface area contributed by atoms with Crippen LogP contribution in [0.3, 0.4) is 0 Å². The van der Waals surface area contributed by atoms with E-state index in [1.165, 1.54) is 17.3 Å². The average molecular weight is 453 g/mol. The number of hydrogen-bond donors (Lipinski definition) is 0. The standard InChI is InChI=1S/C27H36O4Si/c1-5-20-31-32(25-15-9-6-10-16-25,26-17-11-7-12-18-26)27(23(2)22-29-4)19-13-8-14-21-30-24(3)28/h6-7,9-12,15-19H,2,5,8,13-14,20-22H2,1,3-4H3/b27-19-. The highest BCUT2D eigenvalue weighted by Gasteiger charge is 2.44. The van der Waals surface area contributed by atoms with Crippen LogP contribution in [0.1, 0.15) is 39.5 Å². The van der Waals surface area contributed by atoms with E-state index in [0.29, 0.717) is 19.8 Å². The Labute approximate surface area is 194 Å². The number of rotatable bonds is 14. The van der Waals surface area contributed by atoms with Crippen molar-refractivity contribution in [3.05, 3.63) is 84.1 Å². The summed E-state index contributed by atoms with van der Waals surface area (Å²) in [5, 5.41) is 3.55. The van der Waals surface area contributed by atoms with E-state index >= 15 is 0 Å². The summed E-state index contributed by atoms with van der Waals surface area (Å²) in [6.45, 7) is 9.54. The van der Waals surface area contributed by atoms with Crippen LogP contribution in [-0.2, 0) is 18.7 Å². The molecule has 172 valence electrons. The Morgan fingerprint density at radius 1 is 0.969 bits per heavy atom. The van der Waals surface area contributed by atoms with Crippen molar-refractivity contribution in [3.8, 4) is 0 Å². The molecule has 0 saturated carbocycles. The lowest BCUT2D eigenvalue weighted by Gasteiger charge is -2.36. The third-order valence-electron chi connectivity index (χ3n) is 5.21.